The molecule has 1 heterocycles. The van der Waals surface area contributed by atoms with E-state index < -0.39 is 25.0 Å². The summed E-state index contributed by atoms with van der Waals surface area (Å²) < 4.78 is 28.8. The van der Waals surface area contributed by atoms with E-state index in [2.05, 4.69) is 15.6 Å². The van der Waals surface area contributed by atoms with Crippen LogP contribution in [0, 0.1) is 0 Å². The van der Waals surface area contributed by atoms with E-state index in [-0.39, 0.29) is 24.5 Å². The number of aromatic nitrogens is 1. The Bertz CT molecular complexity index is 471. The number of hydrogen-bond donors (Lipinski definition) is 3. The number of hydrogen-bond acceptors (Lipinski definition) is 4. The molecule has 110 valence electrons. The number of urea groups is 1. The van der Waals surface area contributed by atoms with Crippen LogP contribution in [0.4, 0.5) is 19.3 Å². The summed E-state index contributed by atoms with van der Waals surface area (Å²) in [4.78, 5) is 25.4. The van der Waals surface area contributed by atoms with Crippen LogP contribution in [0.3, 0.4) is 0 Å². The maximum absolute atomic E-state index is 12.0. The van der Waals surface area contributed by atoms with Gasteiger partial charge in [0, 0.05) is 12.7 Å². The zero-order valence-corrected chi connectivity index (χ0v) is 10.3. The highest BCUT2D eigenvalue weighted by molar-refractivity contribution is 5.90. The number of pyridine rings is 1. The van der Waals surface area contributed by atoms with Gasteiger partial charge in [-0.1, -0.05) is 0 Å². The zero-order valence-electron chi connectivity index (χ0n) is 10.3. The van der Waals surface area contributed by atoms with Gasteiger partial charge in [0.25, 0.3) is 6.43 Å². The van der Waals surface area contributed by atoms with Crippen LogP contribution in [-0.4, -0.2) is 41.7 Å². The van der Waals surface area contributed by atoms with Crippen molar-refractivity contribution in [1.82, 2.24) is 10.3 Å². The number of amides is 2. The second-order valence-corrected chi connectivity index (χ2v) is 3.58. The lowest BCUT2D eigenvalue weighted by Gasteiger charge is -2.11. The first-order valence-corrected chi connectivity index (χ1v) is 5.61. The molecule has 0 aliphatic heterocycles. The third kappa shape index (κ3) is 5.94. The number of carbonyl (C=O) groups excluding carboxylic acids is 1. The van der Waals surface area contributed by atoms with Crippen LogP contribution in [0.5, 0.6) is 5.88 Å². The Kier molecular flexibility index (Phi) is 6.14. The number of carbonyl (C=O) groups is 2. The number of nitrogens with zero attached hydrogens (tertiary/aromatic N) is 1. The molecular formula is C11H13F2N3O4. The summed E-state index contributed by atoms with van der Waals surface area (Å²) in [7, 11) is 0. The van der Waals surface area contributed by atoms with Crippen molar-refractivity contribution in [3.63, 3.8) is 0 Å². The van der Waals surface area contributed by atoms with Gasteiger partial charge in [-0.25, -0.2) is 18.6 Å². The quantitative estimate of drug-likeness (QED) is 0.703. The third-order valence-corrected chi connectivity index (χ3v) is 1.99. The van der Waals surface area contributed by atoms with E-state index in [4.69, 9.17) is 9.84 Å². The van der Waals surface area contributed by atoms with Crippen LogP contribution in [0.15, 0.2) is 18.3 Å². The molecule has 0 bridgehead atoms. The van der Waals surface area contributed by atoms with Crippen LogP contribution in [0.2, 0.25) is 0 Å². The summed E-state index contributed by atoms with van der Waals surface area (Å²) in [6.45, 7) is -0.902. The van der Waals surface area contributed by atoms with Gasteiger partial charge in [0.05, 0.1) is 6.42 Å². The number of anilines is 1. The average Bonchev–Trinajstić information content (AvgIpc) is 2.37. The molecule has 1 rings (SSSR count). The summed E-state index contributed by atoms with van der Waals surface area (Å²) in [6.07, 6.45) is -1.56. The number of carboxylic acid groups (broad SMARTS) is 1. The van der Waals surface area contributed by atoms with Crippen molar-refractivity contribution < 1.29 is 28.2 Å². The van der Waals surface area contributed by atoms with Gasteiger partial charge in [0.1, 0.15) is 5.69 Å². The first-order valence-electron chi connectivity index (χ1n) is 5.61. The Morgan fingerprint density at radius 1 is 1.45 bits per heavy atom. The monoisotopic (exact) mass is 289 g/mol. The topological polar surface area (TPSA) is 101 Å². The molecule has 0 atom stereocenters. The van der Waals surface area contributed by atoms with E-state index in [1.807, 2.05) is 0 Å². The van der Waals surface area contributed by atoms with Crippen LogP contribution < -0.4 is 15.4 Å². The maximum atomic E-state index is 12.0. The van der Waals surface area contributed by atoms with Crippen LogP contribution >= 0.6 is 0 Å². The van der Waals surface area contributed by atoms with Crippen molar-refractivity contribution in [1.29, 1.82) is 0 Å². The third-order valence-electron chi connectivity index (χ3n) is 1.99. The summed E-state index contributed by atoms with van der Waals surface area (Å²) in [5.74, 6) is -1.19. The molecule has 1 aromatic rings. The van der Waals surface area contributed by atoms with Crippen molar-refractivity contribution in [2.45, 2.75) is 12.8 Å². The average molecular weight is 289 g/mol. The van der Waals surface area contributed by atoms with Gasteiger partial charge in [-0.05, 0) is 12.1 Å². The molecule has 9 heteroatoms. The first kappa shape index (κ1) is 15.6. The molecule has 0 aromatic carbocycles. The molecule has 0 saturated heterocycles. The molecule has 7 nitrogen and oxygen atoms in total. The first-order chi connectivity index (χ1) is 9.49. The van der Waals surface area contributed by atoms with Gasteiger partial charge in [-0.15, -0.1) is 0 Å². The fourth-order valence-electron chi connectivity index (χ4n) is 1.19. The number of ether oxygens (including phenoxy) is 1. The molecule has 3 N–H and O–H groups in total. The molecule has 0 unspecified atom stereocenters. The molecule has 0 aliphatic rings. The summed E-state index contributed by atoms with van der Waals surface area (Å²) in [6, 6.07) is 2.23. The van der Waals surface area contributed by atoms with Gasteiger partial charge in [-0.3, -0.25) is 4.79 Å². The predicted octanol–water partition coefficient (Wildman–Crippen LogP) is 1.32. The van der Waals surface area contributed by atoms with Gasteiger partial charge in [-0.2, -0.15) is 0 Å². The van der Waals surface area contributed by atoms with Gasteiger partial charge >= 0.3 is 12.0 Å². The Balaban J connectivity index is 2.53. The highest BCUT2D eigenvalue weighted by Gasteiger charge is 2.11. The number of aliphatic carboxylic acids is 1. The van der Waals surface area contributed by atoms with E-state index in [1.54, 1.807) is 0 Å². The smallest absolute Gasteiger partial charge is 0.319 e. The lowest BCUT2D eigenvalue weighted by Crippen LogP contribution is -2.30. The Labute approximate surface area is 113 Å². The summed E-state index contributed by atoms with van der Waals surface area (Å²) in [5.41, 5.74) is 0.112. The lowest BCUT2D eigenvalue weighted by molar-refractivity contribution is -0.136. The molecule has 0 radical (unpaired) electrons. The van der Waals surface area contributed by atoms with E-state index in [9.17, 15) is 18.4 Å². The number of alkyl halides is 2. The second-order valence-electron chi connectivity index (χ2n) is 3.58. The second kappa shape index (κ2) is 7.87. The van der Waals surface area contributed by atoms with Crippen molar-refractivity contribution >= 4 is 17.7 Å². The van der Waals surface area contributed by atoms with E-state index in [0.717, 1.165) is 0 Å². The van der Waals surface area contributed by atoms with Gasteiger partial charge < -0.3 is 20.5 Å². The number of rotatable bonds is 7. The van der Waals surface area contributed by atoms with Gasteiger partial charge in [0.2, 0.25) is 5.88 Å². The largest absolute Gasteiger partial charge is 0.481 e. The summed E-state index contributed by atoms with van der Waals surface area (Å²) >= 11 is 0. The fourth-order valence-corrected chi connectivity index (χ4v) is 1.19. The Morgan fingerprint density at radius 2 is 2.20 bits per heavy atom. The van der Waals surface area contributed by atoms with Crippen molar-refractivity contribution in [2.75, 3.05) is 18.5 Å². The fraction of sp³-hybridized carbons (Fsp3) is 0.364. The van der Waals surface area contributed by atoms with Crippen molar-refractivity contribution in [3.8, 4) is 5.88 Å². The zero-order chi connectivity index (χ0) is 15.0. The molecular weight excluding hydrogens is 276 g/mol. The number of nitrogens with one attached hydrogen (secondary N) is 2. The predicted molar refractivity (Wildman–Crippen MR) is 65.0 cm³/mol. The molecule has 0 spiro atoms. The minimum absolute atomic E-state index is 0.0609. The Morgan fingerprint density at radius 3 is 2.85 bits per heavy atom. The molecule has 2 amide bonds. The highest BCUT2D eigenvalue weighted by atomic mass is 19.3. The lowest BCUT2D eigenvalue weighted by atomic mass is 10.4. The van der Waals surface area contributed by atoms with Crippen molar-refractivity contribution in [2.24, 2.45) is 0 Å². The highest BCUT2D eigenvalue weighted by Crippen LogP contribution is 2.20. The minimum atomic E-state index is -2.66. The summed E-state index contributed by atoms with van der Waals surface area (Å²) in [5, 5.41) is 13.0. The minimum Gasteiger partial charge on any atom is -0.481 e. The van der Waals surface area contributed by atoms with E-state index in [0.29, 0.717) is 0 Å². The SMILES string of the molecule is O=C(O)CCNC(=O)Nc1cccnc1OCC(F)F. The van der Waals surface area contributed by atoms with E-state index in [1.165, 1.54) is 18.3 Å². The molecule has 0 fully saturated rings. The van der Waals surface area contributed by atoms with Crippen LogP contribution in [-0.2, 0) is 4.79 Å². The van der Waals surface area contributed by atoms with Crippen molar-refractivity contribution in [3.05, 3.63) is 18.3 Å². The van der Waals surface area contributed by atoms with E-state index >= 15 is 0 Å². The van der Waals surface area contributed by atoms with Gasteiger partial charge in [0.15, 0.2) is 6.61 Å². The normalized spacial score (nSPS) is 10.2. The Hall–Kier alpha value is -2.45. The number of carboxylic acids is 1. The molecule has 1 aromatic heterocycles. The van der Waals surface area contributed by atoms with Crippen LogP contribution in [0.25, 0.3) is 0 Å². The molecule has 20 heavy (non-hydrogen) atoms. The standard InChI is InChI=1S/C11H13F2N3O4/c12-8(13)6-20-10-7(2-1-4-14-10)16-11(19)15-5-3-9(17)18/h1-2,4,8H,3,5-6H2,(H,17,18)(H2,15,16,19). The molecule has 0 aliphatic carbocycles. The molecule has 0 saturated carbocycles. The van der Waals surface area contributed by atoms with Crippen LogP contribution in [0.1, 0.15) is 6.42 Å². The maximum Gasteiger partial charge on any atom is 0.319 e. The number of halogens is 2.